The minimum Gasteiger partial charge on any atom is -0.342 e. The van der Waals surface area contributed by atoms with E-state index in [1.54, 1.807) is 0 Å². The molecule has 2 aromatic carbocycles. The molecular weight excluding hydrogens is 270 g/mol. The van der Waals surface area contributed by atoms with Gasteiger partial charge in [-0.3, -0.25) is 5.10 Å². The Morgan fingerprint density at radius 1 is 0.909 bits per heavy atom. The lowest BCUT2D eigenvalue weighted by molar-refractivity contribution is -0.673. The molecule has 0 saturated carbocycles. The minimum absolute atomic E-state index is 0.203. The molecule has 1 aliphatic rings. The summed E-state index contributed by atoms with van der Waals surface area (Å²) in [5, 5.41) is 10.4. The number of benzene rings is 2. The number of hydrogen-bond acceptors (Lipinski definition) is 1. The normalized spacial score (nSPS) is 14.0. The van der Waals surface area contributed by atoms with E-state index < -0.39 is 0 Å². The molecule has 3 nitrogen and oxygen atoms in total. The summed E-state index contributed by atoms with van der Waals surface area (Å²) in [7, 11) is 0. The molecule has 0 amide bonds. The van der Waals surface area contributed by atoms with Gasteiger partial charge in [0.05, 0.1) is 23.7 Å². The monoisotopic (exact) mass is 290 g/mol. The van der Waals surface area contributed by atoms with Gasteiger partial charge in [-0.25, -0.2) is 0 Å². The number of rotatable bonds is 3. The van der Waals surface area contributed by atoms with Gasteiger partial charge in [0.2, 0.25) is 0 Å². The Bertz CT molecular complexity index is 707. The molecule has 0 aliphatic carbocycles. The summed E-state index contributed by atoms with van der Waals surface area (Å²) >= 11 is 0. The van der Waals surface area contributed by atoms with Crippen LogP contribution < -0.4 is 5.32 Å². The second kappa shape index (κ2) is 5.78. The lowest BCUT2D eigenvalue weighted by atomic mass is 9.86. The molecule has 0 saturated heterocycles. The largest absolute Gasteiger partial charge is 0.342 e. The number of fused-ring (bicyclic) bond motifs is 1. The zero-order chi connectivity index (χ0) is 14.8. The quantitative estimate of drug-likeness (QED) is 0.763. The molecule has 0 radical (unpaired) electrons. The predicted octanol–water partition coefficient (Wildman–Crippen LogP) is 2.21. The van der Waals surface area contributed by atoms with Gasteiger partial charge in [0.1, 0.15) is 6.54 Å². The van der Waals surface area contributed by atoms with Crippen LogP contribution in [0.1, 0.15) is 34.0 Å². The number of hydrogen-bond donors (Lipinski definition) is 2. The van der Waals surface area contributed by atoms with Crippen molar-refractivity contribution in [3.63, 3.8) is 0 Å². The van der Waals surface area contributed by atoms with Crippen molar-refractivity contribution < 1.29 is 5.32 Å². The van der Waals surface area contributed by atoms with Crippen LogP contribution in [0.4, 0.5) is 0 Å². The van der Waals surface area contributed by atoms with Crippen LogP contribution in [0.3, 0.4) is 0 Å². The molecular formula is C19H20N3+. The Labute approximate surface area is 130 Å². The Morgan fingerprint density at radius 2 is 1.55 bits per heavy atom. The Morgan fingerprint density at radius 3 is 2.18 bits per heavy atom. The van der Waals surface area contributed by atoms with Gasteiger partial charge in [-0.15, -0.1) is 0 Å². The highest BCUT2D eigenvalue weighted by molar-refractivity contribution is 5.44. The second-order valence-electron chi connectivity index (χ2n) is 5.85. The third-order valence-electron chi connectivity index (χ3n) is 4.47. The third-order valence-corrected chi connectivity index (χ3v) is 4.47. The van der Waals surface area contributed by atoms with Crippen LogP contribution in [0.25, 0.3) is 0 Å². The van der Waals surface area contributed by atoms with Crippen molar-refractivity contribution in [3.05, 3.63) is 88.7 Å². The highest BCUT2D eigenvalue weighted by atomic mass is 15.1. The van der Waals surface area contributed by atoms with Crippen LogP contribution in [0, 0.1) is 0 Å². The van der Waals surface area contributed by atoms with Crippen molar-refractivity contribution in [1.82, 2.24) is 10.2 Å². The van der Waals surface area contributed by atoms with E-state index in [0.717, 1.165) is 19.5 Å². The molecule has 3 aromatic rings. The summed E-state index contributed by atoms with van der Waals surface area (Å²) in [6.07, 6.45) is 1.08. The van der Waals surface area contributed by atoms with E-state index >= 15 is 0 Å². The number of quaternary nitrogens is 1. The van der Waals surface area contributed by atoms with Gasteiger partial charge in [-0.2, -0.15) is 5.10 Å². The van der Waals surface area contributed by atoms with Gasteiger partial charge >= 0.3 is 0 Å². The number of aromatic nitrogens is 2. The minimum atomic E-state index is 0.203. The van der Waals surface area contributed by atoms with E-state index in [2.05, 4.69) is 71.1 Å². The van der Waals surface area contributed by atoms with Crippen molar-refractivity contribution in [1.29, 1.82) is 0 Å². The second-order valence-corrected chi connectivity index (χ2v) is 5.85. The lowest BCUT2D eigenvalue weighted by Gasteiger charge is -2.19. The average molecular weight is 290 g/mol. The van der Waals surface area contributed by atoms with Gasteiger partial charge in [-0.1, -0.05) is 60.7 Å². The van der Waals surface area contributed by atoms with E-state index in [1.165, 1.54) is 28.1 Å². The van der Waals surface area contributed by atoms with Crippen molar-refractivity contribution in [2.45, 2.75) is 18.9 Å². The Hall–Kier alpha value is -2.39. The predicted molar refractivity (Wildman–Crippen MR) is 86.6 cm³/mol. The van der Waals surface area contributed by atoms with Gasteiger partial charge < -0.3 is 5.32 Å². The Kier molecular flexibility index (Phi) is 3.49. The van der Waals surface area contributed by atoms with E-state index in [4.69, 9.17) is 5.10 Å². The molecule has 1 aliphatic heterocycles. The lowest BCUT2D eigenvalue weighted by Crippen LogP contribution is -2.84. The van der Waals surface area contributed by atoms with Crippen molar-refractivity contribution >= 4 is 0 Å². The van der Waals surface area contributed by atoms with E-state index in [9.17, 15) is 0 Å². The highest BCUT2D eigenvalue weighted by Crippen LogP contribution is 2.33. The molecule has 0 atom stereocenters. The van der Waals surface area contributed by atoms with Gasteiger partial charge in [-0.05, 0) is 11.1 Å². The Balaban J connectivity index is 1.86. The van der Waals surface area contributed by atoms with E-state index in [0.29, 0.717) is 0 Å². The molecule has 4 rings (SSSR count). The fourth-order valence-corrected chi connectivity index (χ4v) is 3.38. The van der Waals surface area contributed by atoms with Crippen LogP contribution in [-0.2, 0) is 13.0 Å². The smallest absolute Gasteiger partial charge is 0.105 e. The fraction of sp³-hybridized carbons (Fsp3) is 0.211. The van der Waals surface area contributed by atoms with Crippen molar-refractivity contribution in [2.75, 3.05) is 6.54 Å². The van der Waals surface area contributed by atoms with Crippen LogP contribution in [-0.4, -0.2) is 16.7 Å². The summed E-state index contributed by atoms with van der Waals surface area (Å²) in [6.45, 7) is 2.17. The van der Waals surface area contributed by atoms with Gasteiger partial charge in [0.15, 0.2) is 0 Å². The first-order chi connectivity index (χ1) is 10.9. The maximum atomic E-state index is 4.71. The standard InChI is InChI=1S/C19H19N3/c1-3-7-14(8-4-1)18(15-9-5-2-6-10-15)19-16-13-20-12-11-17(16)21-22-19/h1-10,18,20H,11-13H2,(H,21,22)/p+1. The maximum absolute atomic E-state index is 4.71. The topological polar surface area (TPSA) is 45.3 Å². The first kappa shape index (κ1) is 13.3. The van der Waals surface area contributed by atoms with Crippen molar-refractivity contribution in [3.8, 4) is 0 Å². The number of H-pyrrole nitrogens is 1. The zero-order valence-electron chi connectivity index (χ0n) is 12.5. The van der Waals surface area contributed by atoms with E-state index in [-0.39, 0.29) is 5.92 Å². The molecule has 0 spiro atoms. The summed E-state index contributed by atoms with van der Waals surface area (Å²) in [5.74, 6) is 0.203. The molecule has 0 bridgehead atoms. The maximum Gasteiger partial charge on any atom is 0.105 e. The SMILES string of the molecule is c1ccc(C(c2ccccc2)c2n[nH]c3c2C[NH2+]CC3)cc1. The van der Waals surface area contributed by atoms with Crippen LogP contribution in [0.2, 0.25) is 0 Å². The molecule has 3 N–H and O–H groups in total. The summed E-state index contributed by atoms with van der Waals surface area (Å²) < 4.78 is 0. The fourth-order valence-electron chi connectivity index (χ4n) is 3.38. The summed E-state index contributed by atoms with van der Waals surface area (Å²) in [4.78, 5) is 0. The molecule has 3 heteroatoms. The average Bonchev–Trinajstić information content (AvgIpc) is 3.01. The number of nitrogens with zero attached hydrogens (tertiary/aromatic N) is 1. The highest BCUT2D eigenvalue weighted by Gasteiger charge is 2.27. The third kappa shape index (κ3) is 2.34. The molecule has 1 aromatic heterocycles. The first-order valence-electron chi connectivity index (χ1n) is 7.91. The molecule has 22 heavy (non-hydrogen) atoms. The summed E-state index contributed by atoms with van der Waals surface area (Å²) in [5.41, 5.74) is 6.49. The number of aromatic amines is 1. The van der Waals surface area contributed by atoms with Gasteiger partial charge in [0.25, 0.3) is 0 Å². The summed E-state index contributed by atoms with van der Waals surface area (Å²) in [6, 6.07) is 21.4. The van der Waals surface area contributed by atoms with Crippen LogP contribution in [0.15, 0.2) is 60.7 Å². The zero-order valence-corrected chi connectivity index (χ0v) is 12.5. The number of nitrogens with one attached hydrogen (secondary N) is 1. The van der Waals surface area contributed by atoms with Crippen LogP contribution >= 0.6 is 0 Å². The number of nitrogens with two attached hydrogens (primary N) is 1. The van der Waals surface area contributed by atoms with E-state index in [1.807, 2.05) is 0 Å². The molecule has 0 unspecified atom stereocenters. The van der Waals surface area contributed by atoms with Gasteiger partial charge in [0, 0.05) is 12.1 Å². The first-order valence-corrected chi connectivity index (χ1v) is 7.91. The molecule has 0 fully saturated rings. The van der Waals surface area contributed by atoms with Crippen molar-refractivity contribution in [2.24, 2.45) is 0 Å². The van der Waals surface area contributed by atoms with Crippen LogP contribution in [0.5, 0.6) is 0 Å². The molecule has 2 heterocycles. The molecule has 110 valence electrons.